The molecule has 0 radical (unpaired) electrons. The van der Waals surface area contributed by atoms with Crippen LogP contribution in [0, 0.1) is 17.4 Å². The van der Waals surface area contributed by atoms with E-state index >= 15 is 0 Å². The van der Waals surface area contributed by atoms with Crippen LogP contribution in [-0.2, 0) is 0 Å². The van der Waals surface area contributed by atoms with Gasteiger partial charge in [-0.25, -0.2) is 0 Å². The van der Waals surface area contributed by atoms with Crippen LogP contribution in [-0.4, -0.2) is 18.0 Å². The number of nitrogens with zero attached hydrogens (tertiary/aromatic N) is 2. The van der Waals surface area contributed by atoms with Crippen molar-refractivity contribution in [2.45, 2.75) is 13.3 Å². The molecule has 1 aliphatic heterocycles. The fraction of sp³-hybridized carbons (Fsp3) is 0.833. The molecule has 0 N–H and O–H groups in total. The summed E-state index contributed by atoms with van der Waals surface area (Å²) >= 11 is 0. The molecule has 0 aromatic heterocycles. The quantitative estimate of drug-likeness (QED) is 0.431. The first kappa shape index (κ1) is 5.43. The minimum absolute atomic E-state index is 0.731. The standard InChI is InChI=1S/C6H10N2/c1-6-2-3-8(4-6)5-7/h6H,2-4H2,1H3. The third kappa shape index (κ3) is 0.919. The fourth-order valence-corrected chi connectivity index (χ4v) is 1.03. The summed E-state index contributed by atoms with van der Waals surface area (Å²) in [6, 6.07) is 0. The molecule has 2 nitrogen and oxygen atoms in total. The molecule has 0 bridgehead atoms. The zero-order valence-electron chi connectivity index (χ0n) is 5.09. The number of hydrogen-bond donors (Lipinski definition) is 0. The van der Waals surface area contributed by atoms with E-state index in [-0.39, 0.29) is 0 Å². The van der Waals surface area contributed by atoms with Crippen molar-refractivity contribution in [3.8, 4) is 6.19 Å². The lowest BCUT2D eigenvalue weighted by Crippen LogP contribution is -2.12. The third-order valence-corrected chi connectivity index (χ3v) is 1.57. The van der Waals surface area contributed by atoms with Crippen molar-refractivity contribution in [3.05, 3.63) is 0 Å². The van der Waals surface area contributed by atoms with Crippen LogP contribution in [0.5, 0.6) is 0 Å². The molecule has 1 fully saturated rings. The molecule has 1 unspecified atom stereocenters. The van der Waals surface area contributed by atoms with E-state index in [9.17, 15) is 0 Å². The van der Waals surface area contributed by atoms with Crippen molar-refractivity contribution in [2.75, 3.05) is 13.1 Å². The van der Waals surface area contributed by atoms with E-state index in [2.05, 4.69) is 13.1 Å². The Morgan fingerprint density at radius 3 is 2.75 bits per heavy atom. The van der Waals surface area contributed by atoms with E-state index in [1.165, 1.54) is 6.42 Å². The average Bonchev–Trinajstić information content (AvgIpc) is 2.14. The number of nitriles is 1. The highest BCUT2D eigenvalue weighted by molar-refractivity contribution is 4.81. The van der Waals surface area contributed by atoms with Gasteiger partial charge in [0.05, 0.1) is 0 Å². The van der Waals surface area contributed by atoms with E-state index in [0.29, 0.717) is 0 Å². The molecule has 0 saturated carbocycles. The van der Waals surface area contributed by atoms with Gasteiger partial charge in [0.25, 0.3) is 0 Å². The Kier molecular flexibility index (Phi) is 1.38. The smallest absolute Gasteiger partial charge is 0.179 e. The molecule has 0 aliphatic carbocycles. The lowest BCUT2D eigenvalue weighted by Gasteiger charge is -2.02. The average molecular weight is 110 g/mol. The molecule has 2 heteroatoms. The molecule has 0 amide bonds. The molecular formula is C6H10N2. The topological polar surface area (TPSA) is 27.0 Å². The van der Waals surface area contributed by atoms with Crippen LogP contribution in [0.2, 0.25) is 0 Å². The van der Waals surface area contributed by atoms with Crippen LogP contribution in [0.15, 0.2) is 0 Å². The predicted molar refractivity (Wildman–Crippen MR) is 31.0 cm³/mol. The van der Waals surface area contributed by atoms with Crippen LogP contribution in [0.3, 0.4) is 0 Å². The van der Waals surface area contributed by atoms with Crippen molar-refractivity contribution in [2.24, 2.45) is 5.92 Å². The van der Waals surface area contributed by atoms with E-state index < -0.39 is 0 Å². The zero-order valence-corrected chi connectivity index (χ0v) is 5.09. The Morgan fingerprint density at radius 1 is 1.75 bits per heavy atom. The summed E-state index contributed by atoms with van der Waals surface area (Å²) in [4.78, 5) is 1.81. The third-order valence-electron chi connectivity index (χ3n) is 1.57. The highest BCUT2D eigenvalue weighted by Crippen LogP contribution is 2.12. The monoisotopic (exact) mass is 110 g/mol. The lowest BCUT2D eigenvalue weighted by molar-refractivity contribution is 0.465. The van der Waals surface area contributed by atoms with Crippen molar-refractivity contribution >= 4 is 0 Å². The predicted octanol–water partition coefficient (Wildman–Crippen LogP) is 0.809. The second-order valence-corrected chi connectivity index (χ2v) is 2.44. The Labute approximate surface area is 49.7 Å². The van der Waals surface area contributed by atoms with Crippen LogP contribution in [0.1, 0.15) is 13.3 Å². The van der Waals surface area contributed by atoms with Gasteiger partial charge in [0.1, 0.15) is 0 Å². The molecule has 0 aromatic rings. The van der Waals surface area contributed by atoms with Gasteiger partial charge in [0.2, 0.25) is 0 Å². The maximum absolute atomic E-state index is 8.36. The molecule has 1 heterocycles. The van der Waals surface area contributed by atoms with Gasteiger partial charge in [-0.2, -0.15) is 5.26 Å². The molecule has 1 aliphatic rings. The van der Waals surface area contributed by atoms with Gasteiger partial charge < -0.3 is 4.90 Å². The highest BCUT2D eigenvalue weighted by Gasteiger charge is 2.15. The number of likely N-dealkylation sites (tertiary alicyclic amines) is 1. The van der Waals surface area contributed by atoms with Gasteiger partial charge in [-0.15, -0.1) is 0 Å². The van der Waals surface area contributed by atoms with Gasteiger partial charge >= 0.3 is 0 Å². The summed E-state index contributed by atoms with van der Waals surface area (Å²) in [6.45, 7) is 4.12. The second-order valence-electron chi connectivity index (χ2n) is 2.44. The van der Waals surface area contributed by atoms with Crippen LogP contribution < -0.4 is 0 Å². The van der Waals surface area contributed by atoms with Crippen LogP contribution in [0.25, 0.3) is 0 Å². The number of rotatable bonds is 0. The largest absolute Gasteiger partial charge is 0.310 e. The second kappa shape index (κ2) is 2.04. The van der Waals surface area contributed by atoms with Gasteiger partial charge in [-0.1, -0.05) is 6.92 Å². The molecule has 0 aromatic carbocycles. The van der Waals surface area contributed by atoms with E-state index in [1.807, 2.05) is 4.90 Å². The Hall–Kier alpha value is -0.710. The summed E-state index contributed by atoms with van der Waals surface area (Å²) in [7, 11) is 0. The van der Waals surface area contributed by atoms with Crippen LogP contribution in [0.4, 0.5) is 0 Å². The fourth-order valence-electron chi connectivity index (χ4n) is 1.03. The summed E-state index contributed by atoms with van der Waals surface area (Å²) < 4.78 is 0. The van der Waals surface area contributed by atoms with Gasteiger partial charge in [-0.05, 0) is 12.3 Å². The number of hydrogen-bond acceptors (Lipinski definition) is 2. The summed E-state index contributed by atoms with van der Waals surface area (Å²) in [5, 5.41) is 8.36. The normalized spacial score (nSPS) is 28.0. The molecule has 8 heavy (non-hydrogen) atoms. The van der Waals surface area contributed by atoms with Crippen molar-refractivity contribution in [1.82, 2.24) is 4.90 Å². The van der Waals surface area contributed by atoms with Crippen LogP contribution >= 0.6 is 0 Å². The zero-order chi connectivity index (χ0) is 5.98. The molecule has 1 saturated heterocycles. The Morgan fingerprint density at radius 2 is 2.50 bits per heavy atom. The van der Waals surface area contributed by atoms with Gasteiger partial charge in [0.15, 0.2) is 6.19 Å². The van der Waals surface area contributed by atoms with Gasteiger partial charge in [-0.3, -0.25) is 0 Å². The van der Waals surface area contributed by atoms with Crippen molar-refractivity contribution in [1.29, 1.82) is 5.26 Å². The SMILES string of the molecule is CC1CCN(C#N)C1. The summed E-state index contributed by atoms with van der Waals surface area (Å²) in [6.07, 6.45) is 3.32. The maximum atomic E-state index is 8.36. The Bertz CT molecular complexity index is 114. The maximum Gasteiger partial charge on any atom is 0.179 e. The first-order chi connectivity index (χ1) is 3.83. The molecule has 0 spiro atoms. The van der Waals surface area contributed by atoms with E-state index in [1.54, 1.807) is 0 Å². The van der Waals surface area contributed by atoms with Crippen molar-refractivity contribution < 1.29 is 0 Å². The first-order valence-corrected chi connectivity index (χ1v) is 2.97. The minimum atomic E-state index is 0.731. The Balaban J connectivity index is 2.35. The van der Waals surface area contributed by atoms with E-state index in [4.69, 9.17) is 5.26 Å². The molecule has 1 rings (SSSR count). The highest BCUT2D eigenvalue weighted by atomic mass is 15.1. The van der Waals surface area contributed by atoms with Crippen molar-refractivity contribution in [3.63, 3.8) is 0 Å². The van der Waals surface area contributed by atoms with E-state index in [0.717, 1.165) is 19.0 Å². The summed E-state index contributed by atoms with van der Waals surface area (Å²) in [5.74, 6) is 0.731. The molecule has 1 atom stereocenters. The summed E-state index contributed by atoms with van der Waals surface area (Å²) in [5.41, 5.74) is 0. The minimum Gasteiger partial charge on any atom is -0.310 e. The van der Waals surface area contributed by atoms with Gasteiger partial charge in [0, 0.05) is 13.1 Å². The molecule has 44 valence electrons. The molecular weight excluding hydrogens is 100 g/mol. The first-order valence-electron chi connectivity index (χ1n) is 2.97. The lowest BCUT2D eigenvalue weighted by atomic mass is 10.2.